The molecule has 0 unspecified atom stereocenters. The minimum Gasteiger partial charge on any atom is -0.313 e. The normalized spacial score (nSPS) is 12.0. The molecular weight excluding hydrogens is 326 g/mol. The number of nitrogens with zero attached hydrogens (tertiary/aromatic N) is 4. The third-order valence-corrected chi connectivity index (χ3v) is 4.55. The number of imidazole rings is 2. The third kappa shape index (κ3) is 2.47. The van der Waals surface area contributed by atoms with Crippen LogP contribution in [0.2, 0.25) is 0 Å². The summed E-state index contributed by atoms with van der Waals surface area (Å²) in [5.41, 5.74) is 7.52. The van der Waals surface area contributed by atoms with Gasteiger partial charge in [-0.3, -0.25) is 9.20 Å². The van der Waals surface area contributed by atoms with Crippen molar-refractivity contribution in [1.29, 1.82) is 0 Å². The van der Waals surface area contributed by atoms with E-state index in [0.29, 0.717) is 11.4 Å². The van der Waals surface area contributed by atoms with E-state index in [1.54, 1.807) is 0 Å². The molecule has 0 aliphatic heterocycles. The standard InChI is InChI=1S/C20H19N5O/c1-13(15-9-5-4-6-10-15)22-23-19(26)18-14(2)21-20-24(3)16-11-7-8-12-17(16)25(18)20/h4-12H,1-3H3,(H,23,26). The zero-order valence-electron chi connectivity index (χ0n) is 14.9. The summed E-state index contributed by atoms with van der Waals surface area (Å²) >= 11 is 0. The van der Waals surface area contributed by atoms with Crippen molar-refractivity contribution in [2.24, 2.45) is 12.1 Å². The number of carbonyl (C=O) groups excluding carboxylic acids is 1. The second-order valence-electron chi connectivity index (χ2n) is 6.23. The Morgan fingerprint density at radius 2 is 1.69 bits per heavy atom. The second kappa shape index (κ2) is 6.15. The van der Waals surface area contributed by atoms with Gasteiger partial charge in [0.15, 0.2) is 0 Å². The maximum Gasteiger partial charge on any atom is 0.290 e. The number of carbonyl (C=O) groups is 1. The van der Waals surface area contributed by atoms with Gasteiger partial charge in [0, 0.05) is 7.05 Å². The highest BCUT2D eigenvalue weighted by atomic mass is 16.2. The molecule has 2 aromatic heterocycles. The first-order chi connectivity index (χ1) is 12.6. The highest BCUT2D eigenvalue weighted by Crippen LogP contribution is 2.23. The largest absolute Gasteiger partial charge is 0.313 e. The molecule has 4 rings (SSSR count). The first-order valence-electron chi connectivity index (χ1n) is 8.40. The molecule has 0 spiro atoms. The van der Waals surface area contributed by atoms with E-state index in [-0.39, 0.29) is 5.91 Å². The van der Waals surface area contributed by atoms with Gasteiger partial charge in [-0.05, 0) is 31.5 Å². The maximum atomic E-state index is 12.8. The Morgan fingerprint density at radius 3 is 2.42 bits per heavy atom. The van der Waals surface area contributed by atoms with Gasteiger partial charge in [-0.15, -0.1) is 0 Å². The van der Waals surface area contributed by atoms with Gasteiger partial charge in [0.2, 0.25) is 5.78 Å². The lowest BCUT2D eigenvalue weighted by atomic mass is 10.1. The number of nitrogens with one attached hydrogen (secondary N) is 1. The van der Waals surface area contributed by atoms with Crippen molar-refractivity contribution in [2.75, 3.05) is 0 Å². The van der Waals surface area contributed by atoms with Gasteiger partial charge in [0.1, 0.15) is 5.69 Å². The van der Waals surface area contributed by atoms with Crippen LogP contribution in [0.1, 0.15) is 28.7 Å². The summed E-state index contributed by atoms with van der Waals surface area (Å²) in [5, 5.41) is 4.25. The van der Waals surface area contributed by atoms with Gasteiger partial charge in [-0.25, -0.2) is 10.4 Å². The Bertz CT molecular complexity index is 1150. The van der Waals surface area contributed by atoms with Crippen LogP contribution in [0.15, 0.2) is 59.7 Å². The fourth-order valence-electron chi connectivity index (χ4n) is 3.21. The number of hydrogen-bond donors (Lipinski definition) is 1. The number of para-hydroxylation sites is 2. The van der Waals surface area contributed by atoms with Crippen molar-refractivity contribution in [3.05, 3.63) is 71.5 Å². The van der Waals surface area contributed by atoms with Gasteiger partial charge >= 0.3 is 0 Å². The lowest BCUT2D eigenvalue weighted by Gasteiger charge is -2.04. The number of hydrogen-bond acceptors (Lipinski definition) is 3. The van der Waals surface area contributed by atoms with Crippen LogP contribution in [0.4, 0.5) is 0 Å². The average molecular weight is 345 g/mol. The lowest BCUT2D eigenvalue weighted by Crippen LogP contribution is -2.21. The summed E-state index contributed by atoms with van der Waals surface area (Å²) in [6.45, 7) is 3.71. The highest BCUT2D eigenvalue weighted by molar-refractivity contribution is 6.01. The summed E-state index contributed by atoms with van der Waals surface area (Å²) in [6.07, 6.45) is 0. The predicted molar refractivity (Wildman–Crippen MR) is 103 cm³/mol. The molecule has 6 heteroatoms. The van der Waals surface area contributed by atoms with Crippen LogP contribution in [-0.2, 0) is 7.05 Å². The van der Waals surface area contributed by atoms with E-state index in [1.165, 1.54) is 0 Å². The van der Waals surface area contributed by atoms with Crippen LogP contribution in [0.3, 0.4) is 0 Å². The molecule has 2 aromatic carbocycles. The fraction of sp³-hybridized carbons (Fsp3) is 0.150. The van der Waals surface area contributed by atoms with Crippen molar-refractivity contribution in [3.8, 4) is 0 Å². The predicted octanol–water partition coefficient (Wildman–Crippen LogP) is 3.29. The first kappa shape index (κ1) is 16.1. The van der Waals surface area contributed by atoms with E-state index in [4.69, 9.17) is 0 Å². The minimum absolute atomic E-state index is 0.276. The average Bonchev–Trinajstić information content (AvgIpc) is 3.15. The summed E-state index contributed by atoms with van der Waals surface area (Å²) in [5.74, 6) is 0.458. The molecule has 130 valence electrons. The van der Waals surface area contributed by atoms with E-state index in [9.17, 15) is 4.79 Å². The molecule has 0 atom stereocenters. The molecule has 0 saturated carbocycles. The molecule has 6 nitrogen and oxygen atoms in total. The highest BCUT2D eigenvalue weighted by Gasteiger charge is 2.21. The van der Waals surface area contributed by atoms with Crippen molar-refractivity contribution >= 4 is 28.4 Å². The second-order valence-corrected chi connectivity index (χ2v) is 6.23. The summed E-state index contributed by atoms with van der Waals surface area (Å²) < 4.78 is 3.87. The third-order valence-electron chi connectivity index (χ3n) is 4.55. The molecule has 4 aromatic rings. The molecule has 0 aliphatic carbocycles. The van der Waals surface area contributed by atoms with Crippen LogP contribution in [0.25, 0.3) is 16.8 Å². The lowest BCUT2D eigenvalue weighted by molar-refractivity contribution is 0.0948. The first-order valence-corrected chi connectivity index (χ1v) is 8.40. The van der Waals surface area contributed by atoms with Crippen LogP contribution in [-0.4, -0.2) is 25.6 Å². The van der Waals surface area contributed by atoms with Crippen LogP contribution >= 0.6 is 0 Å². The SMILES string of the molecule is CC(=NNC(=O)c1c(C)nc2n(C)c3ccccc3n12)c1ccccc1. The molecule has 0 saturated heterocycles. The van der Waals surface area contributed by atoms with Gasteiger partial charge in [0.05, 0.1) is 22.4 Å². The van der Waals surface area contributed by atoms with Crippen molar-refractivity contribution in [2.45, 2.75) is 13.8 Å². The van der Waals surface area contributed by atoms with Gasteiger partial charge < -0.3 is 4.57 Å². The van der Waals surface area contributed by atoms with E-state index in [1.807, 2.05) is 84.5 Å². The molecule has 1 N–H and O–H groups in total. The zero-order chi connectivity index (χ0) is 18.3. The van der Waals surface area contributed by atoms with E-state index < -0.39 is 0 Å². The van der Waals surface area contributed by atoms with Crippen molar-refractivity contribution < 1.29 is 4.79 Å². The molecule has 0 bridgehead atoms. The minimum atomic E-state index is -0.276. The molecule has 0 radical (unpaired) electrons. The van der Waals surface area contributed by atoms with Crippen LogP contribution in [0.5, 0.6) is 0 Å². The van der Waals surface area contributed by atoms with Crippen LogP contribution in [0, 0.1) is 6.92 Å². The molecule has 1 amide bonds. The van der Waals surface area contributed by atoms with Crippen molar-refractivity contribution in [3.63, 3.8) is 0 Å². The van der Waals surface area contributed by atoms with Crippen LogP contribution < -0.4 is 5.43 Å². The Kier molecular flexibility index (Phi) is 3.80. The molecule has 0 fully saturated rings. The van der Waals surface area contributed by atoms with Gasteiger partial charge in [0.25, 0.3) is 5.91 Å². The molecule has 2 heterocycles. The topological polar surface area (TPSA) is 63.7 Å². The fourth-order valence-corrected chi connectivity index (χ4v) is 3.21. The number of benzene rings is 2. The van der Waals surface area contributed by atoms with Crippen molar-refractivity contribution in [1.82, 2.24) is 19.4 Å². The number of fused-ring (bicyclic) bond motifs is 3. The molecule has 0 aliphatic rings. The quantitative estimate of drug-likeness (QED) is 0.457. The number of aryl methyl sites for hydroxylation is 2. The van der Waals surface area contributed by atoms with E-state index in [2.05, 4.69) is 15.5 Å². The summed E-state index contributed by atoms with van der Waals surface area (Å²) in [6, 6.07) is 17.7. The smallest absolute Gasteiger partial charge is 0.290 e. The van der Waals surface area contributed by atoms with Gasteiger partial charge in [-0.1, -0.05) is 42.5 Å². The maximum absolute atomic E-state index is 12.8. The Labute approximate surface area is 150 Å². The monoisotopic (exact) mass is 345 g/mol. The molecular formula is C20H19N5O. The molecule has 26 heavy (non-hydrogen) atoms. The van der Waals surface area contributed by atoms with Gasteiger partial charge in [-0.2, -0.15) is 5.10 Å². The summed E-state index contributed by atoms with van der Waals surface area (Å²) in [4.78, 5) is 17.4. The number of amides is 1. The Morgan fingerprint density at radius 1 is 1.04 bits per heavy atom. The zero-order valence-corrected chi connectivity index (χ0v) is 14.9. The van der Waals surface area contributed by atoms with E-state index >= 15 is 0 Å². The number of hydrazone groups is 1. The Balaban J connectivity index is 1.76. The van der Waals surface area contributed by atoms with E-state index in [0.717, 1.165) is 28.1 Å². The summed E-state index contributed by atoms with van der Waals surface area (Å²) in [7, 11) is 1.95. The Hall–Kier alpha value is -3.41. The number of rotatable bonds is 3. The number of aromatic nitrogens is 3.